The van der Waals surface area contributed by atoms with Gasteiger partial charge in [0, 0.05) is 23.6 Å². The van der Waals surface area contributed by atoms with Crippen molar-refractivity contribution in [2.75, 3.05) is 5.32 Å². The molecule has 2 fully saturated rings. The Bertz CT molecular complexity index is 1380. The van der Waals surface area contributed by atoms with Crippen molar-refractivity contribution in [3.63, 3.8) is 0 Å². The van der Waals surface area contributed by atoms with Crippen LogP contribution < -0.4 is 10.6 Å². The third-order valence-corrected chi connectivity index (χ3v) is 7.14. The van der Waals surface area contributed by atoms with Crippen molar-refractivity contribution in [1.82, 2.24) is 30.3 Å². The zero-order chi connectivity index (χ0) is 24.5. The van der Waals surface area contributed by atoms with Gasteiger partial charge in [-0.1, -0.05) is 0 Å². The number of H-pyrrole nitrogens is 1. The van der Waals surface area contributed by atoms with Gasteiger partial charge in [-0.3, -0.25) is 19.4 Å². The van der Waals surface area contributed by atoms with Crippen LogP contribution in [0.15, 0.2) is 24.5 Å². The molecular weight excluding hydrogens is 460 g/mol. The predicted molar refractivity (Wildman–Crippen MR) is 117 cm³/mol. The maximum absolute atomic E-state index is 13.3. The smallest absolute Gasteiger partial charge is 0.293 e. The molecule has 0 unspecified atom stereocenters. The van der Waals surface area contributed by atoms with E-state index in [-0.39, 0.29) is 23.0 Å². The monoisotopic (exact) mass is 481 g/mol. The van der Waals surface area contributed by atoms with Gasteiger partial charge < -0.3 is 15.2 Å². The number of hydrogen-bond acceptors (Lipinski definition) is 6. The van der Waals surface area contributed by atoms with Gasteiger partial charge in [0.2, 0.25) is 0 Å². The minimum atomic E-state index is -2.77. The molecule has 6 rings (SSSR count). The maximum atomic E-state index is 13.3. The quantitative estimate of drug-likeness (QED) is 0.351. The Hall–Kier alpha value is -3.96. The lowest BCUT2D eigenvalue weighted by Gasteiger charge is -2.14. The SMILES string of the molecule is Cc1c(C(=O)C(=O)NC2(c3cn[nH]n3)CC2)c2n(c1C(=O)Nc1ccnc(C(F)F)c1)[C@@H]1C[C@@H]1C2. The molecule has 0 aromatic carbocycles. The number of alkyl halides is 2. The van der Waals surface area contributed by atoms with Crippen molar-refractivity contribution in [2.24, 2.45) is 5.92 Å². The van der Waals surface area contributed by atoms with Crippen LogP contribution in [-0.4, -0.2) is 42.6 Å². The molecule has 0 saturated heterocycles. The minimum Gasteiger partial charge on any atom is -0.338 e. The van der Waals surface area contributed by atoms with Crippen LogP contribution in [0, 0.1) is 12.8 Å². The van der Waals surface area contributed by atoms with E-state index in [4.69, 9.17) is 0 Å². The van der Waals surface area contributed by atoms with E-state index >= 15 is 0 Å². The molecule has 2 saturated carbocycles. The van der Waals surface area contributed by atoms with Crippen molar-refractivity contribution >= 4 is 23.3 Å². The fourth-order valence-corrected chi connectivity index (χ4v) is 5.16. The molecule has 35 heavy (non-hydrogen) atoms. The van der Waals surface area contributed by atoms with Gasteiger partial charge in [-0.25, -0.2) is 8.78 Å². The Balaban J connectivity index is 1.30. The summed E-state index contributed by atoms with van der Waals surface area (Å²) >= 11 is 0. The van der Waals surface area contributed by atoms with Gasteiger partial charge in [-0.15, -0.1) is 0 Å². The number of nitrogens with one attached hydrogen (secondary N) is 3. The molecule has 10 nitrogen and oxygen atoms in total. The molecule has 3 aliphatic rings. The number of aromatic nitrogens is 5. The second kappa shape index (κ2) is 7.52. The average Bonchev–Trinajstić information content (AvgIpc) is 3.61. The molecule has 1 aliphatic heterocycles. The second-order valence-corrected chi connectivity index (χ2v) is 9.38. The van der Waals surface area contributed by atoms with E-state index in [1.807, 2.05) is 4.57 Å². The highest BCUT2D eigenvalue weighted by molar-refractivity contribution is 6.44. The Kier molecular flexibility index (Phi) is 4.63. The average molecular weight is 481 g/mol. The van der Waals surface area contributed by atoms with Gasteiger partial charge in [0.25, 0.3) is 24.0 Å². The molecule has 12 heteroatoms. The van der Waals surface area contributed by atoms with Crippen molar-refractivity contribution in [3.05, 3.63) is 58.4 Å². The summed E-state index contributed by atoms with van der Waals surface area (Å²) in [5.41, 5.74) is 1.17. The molecule has 2 amide bonds. The number of fused-ring (bicyclic) bond motifs is 3. The Morgan fingerprint density at radius 2 is 2.09 bits per heavy atom. The molecule has 3 N–H and O–H groups in total. The first-order chi connectivity index (χ1) is 16.8. The Morgan fingerprint density at radius 3 is 2.77 bits per heavy atom. The second-order valence-electron chi connectivity index (χ2n) is 9.38. The number of nitrogens with zero attached hydrogens (tertiary/aromatic N) is 4. The first-order valence-electron chi connectivity index (χ1n) is 11.3. The number of carbonyl (C=O) groups excluding carboxylic acids is 3. The van der Waals surface area contributed by atoms with Crippen LogP contribution in [0.2, 0.25) is 0 Å². The van der Waals surface area contributed by atoms with Gasteiger partial charge >= 0.3 is 0 Å². The van der Waals surface area contributed by atoms with Crippen LogP contribution >= 0.6 is 0 Å². The lowest BCUT2D eigenvalue weighted by atomic mass is 10.0. The highest BCUT2D eigenvalue weighted by Crippen LogP contribution is 2.54. The number of pyridine rings is 1. The van der Waals surface area contributed by atoms with E-state index in [2.05, 4.69) is 31.0 Å². The molecule has 4 heterocycles. The van der Waals surface area contributed by atoms with Crippen LogP contribution in [0.5, 0.6) is 0 Å². The number of halogens is 2. The highest BCUT2D eigenvalue weighted by atomic mass is 19.3. The predicted octanol–water partition coefficient (Wildman–Crippen LogP) is 2.60. The van der Waals surface area contributed by atoms with Crippen LogP contribution in [0.3, 0.4) is 0 Å². The van der Waals surface area contributed by atoms with E-state index in [0.717, 1.165) is 12.5 Å². The van der Waals surface area contributed by atoms with Crippen molar-refractivity contribution < 1.29 is 23.2 Å². The van der Waals surface area contributed by atoms with Crippen LogP contribution in [0.4, 0.5) is 14.5 Å². The molecular formula is C23H21F2N7O3. The van der Waals surface area contributed by atoms with Crippen molar-refractivity contribution in [3.8, 4) is 0 Å². The number of hydrogen-bond donors (Lipinski definition) is 3. The van der Waals surface area contributed by atoms with Gasteiger partial charge in [0.15, 0.2) is 0 Å². The number of carbonyl (C=O) groups is 3. The highest BCUT2D eigenvalue weighted by Gasteiger charge is 2.52. The number of aromatic amines is 1. The topological polar surface area (TPSA) is 135 Å². The van der Waals surface area contributed by atoms with Crippen molar-refractivity contribution in [1.29, 1.82) is 0 Å². The number of amides is 2. The Morgan fingerprint density at radius 1 is 1.29 bits per heavy atom. The molecule has 0 spiro atoms. The zero-order valence-electron chi connectivity index (χ0n) is 18.6. The minimum absolute atomic E-state index is 0.0908. The van der Waals surface area contributed by atoms with Gasteiger partial charge in [0.05, 0.1) is 17.3 Å². The van der Waals surface area contributed by atoms with E-state index in [0.29, 0.717) is 42.1 Å². The maximum Gasteiger partial charge on any atom is 0.293 e. The third-order valence-electron chi connectivity index (χ3n) is 7.14. The molecule has 3 aromatic heterocycles. The first kappa shape index (κ1) is 21.6. The molecule has 2 atom stereocenters. The number of rotatable bonds is 7. The Labute approximate surface area is 197 Å². The molecule has 180 valence electrons. The van der Waals surface area contributed by atoms with Crippen LogP contribution in [0.1, 0.15) is 75.2 Å². The summed E-state index contributed by atoms with van der Waals surface area (Å²) in [6, 6.07) is 2.63. The summed E-state index contributed by atoms with van der Waals surface area (Å²) in [5.74, 6) is -1.66. The van der Waals surface area contributed by atoms with E-state index in [1.165, 1.54) is 18.5 Å². The number of anilines is 1. The van der Waals surface area contributed by atoms with E-state index in [9.17, 15) is 23.2 Å². The molecule has 0 bridgehead atoms. The summed E-state index contributed by atoms with van der Waals surface area (Å²) in [5, 5.41) is 15.8. The van der Waals surface area contributed by atoms with E-state index in [1.54, 1.807) is 6.92 Å². The lowest BCUT2D eigenvalue weighted by molar-refractivity contribution is -0.118. The van der Waals surface area contributed by atoms with Crippen molar-refractivity contribution in [2.45, 2.75) is 50.6 Å². The van der Waals surface area contributed by atoms with Gasteiger partial charge in [-0.2, -0.15) is 15.4 Å². The fourth-order valence-electron chi connectivity index (χ4n) is 5.16. The summed E-state index contributed by atoms with van der Waals surface area (Å²) in [4.78, 5) is 43.2. The first-order valence-corrected chi connectivity index (χ1v) is 11.3. The molecule has 0 radical (unpaired) electrons. The standard InChI is InChI=1S/C23H21F2N7O3/c1-10-17(19(33)22(35)29-23(3-4-23)16-9-27-31-30-16)15-7-11-6-14(11)32(15)18(10)21(34)28-12-2-5-26-13(8-12)20(24)25/h2,5,8-9,11,14,20H,3-4,6-7H2,1H3,(H,29,35)(H,26,28,34)(H,27,30,31)/t11-,14-/m1/s1. The zero-order valence-corrected chi connectivity index (χ0v) is 18.6. The van der Waals surface area contributed by atoms with E-state index < -0.39 is 35.3 Å². The number of Topliss-reactive ketones (excluding diaryl/α,β-unsaturated/α-hetero) is 1. The summed E-state index contributed by atoms with van der Waals surface area (Å²) in [7, 11) is 0. The molecule has 3 aromatic rings. The third kappa shape index (κ3) is 3.43. The van der Waals surface area contributed by atoms with Crippen LogP contribution in [-0.2, 0) is 16.8 Å². The number of ketones is 1. The molecule has 2 aliphatic carbocycles. The van der Waals surface area contributed by atoms with Crippen LogP contribution in [0.25, 0.3) is 0 Å². The lowest BCUT2D eigenvalue weighted by Crippen LogP contribution is -2.40. The summed E-state index contributed by atoms with van der Waals surface area (Å²) in [6.07, 6.45) is 2.74. The summed E-state index contributed by atoms with van der Waals surface area (Å²) in [6.45, 7) is 1.64. The van der Waals surface area contributed by atoms with Gasteiger partial charge in [-0.05, 0) is 56.2 Å². The van der Waals surface area contributed by atoms with Gasteiger partial charge in [0.1, 0.15) is 17.1 Å². The summed E-state index contributed by atoms with van der Waals surface area (Å²) < 4.78 is 27.9. The normalized spacial score (nSPS) is 20.8. The fraction of sp³-hybridized carbons (Fsp3) is 0.391. The largest absolute Gasteiger partial charge is 0.338 e.